The largest absolute Gasteiger partial charge is 0.334 e. The first-order valence-corrected chi connectivity index (χ1v) is 8.83. The Morgan fingerprint density at radius 2 is 2.42 bits per heavy atom. The van der Waals surface area contributed by atoms with Crippen molar-refractivity contribution in [2.24, 2.45) is 0 Å². The van der Waals surface area contributed by atoms with Gasteiger partial charge in [-0.2, -0.15) is 23.1 Å². The summed E-state index contributed by atoms with van der Waals surface area (Å²) in [4.78, 5) is 14.0. The lowest BCUT2D eigenvalue weighted by Crippen LogP contribution is -2.42. The molecule has 0 aromatic carbocycles. The van der Waals surface area contributed by atoms with E-state index < -0.39 is 0 Å². The number of thiophene rings is 1. The van der Waals surface area contributed by atoms with Crippen molar-refractivity contribution in [2.45, 2.75) is 44.0 Å². The molecule has 0 saturated heterocycles. The van der Waals surface area contributed by atoms with Gasteiger partial charge in [-0.25, -0.2) is 4.79 Å². The molecule has 1 aromatic heterocycles. The fraction of sp³-hybridized carbons (Fsp3) is 0.643. The quantitative estimate of drug-likeness (QED) is 0.901. The minimum atomic E-state index is 0.0540. The first-order valence-electron chi connectivity index (χ1n) is 6.84. The van der Waals surface area contributed by atoms with Crippen LogP contribution >= 0.6 is 23.1 Å². The minimum absolute atomic E-state index is 0.0540. The highest BCUT2D eigenvalue weighted by Gasteiger charge is 2.29. The lowest BCUT2D eigenvalue weighted by atomic mass is 10.2. The van der Waals surface area contributed by atoms with Gasteiger partial charge in [-0.05, 0) is 47.4 Å². The molecular formula is C14H22N2OS2. The van der Waals surface area contributed by atoms with Crippen LogP contribution < -0.4 is 5.32 Å². The molecular weight excluding hydrogens is 276 g/mol. The summed E-state index contributed by atoms with van der Waals surface area (Å²) in [7, 11) is 1.92. The average molecular weight is 298 g/mol. The molecule has 1 aliphatic carbocycles. The van der Waals surface area contributed by atoms with Gasteiger partial charge in [0.1, 0.15) is 0 Å². The Labute approximate surface area is 123 Å². The Hall–Kier alpha value is -0.680. The summed E-state index contributed by atoms with van der Waals surface area (Å²) in [6.45, 7) is 2.84. The molecule has 0 radical (unpaired) electrons. The molecule has 1 aliphatic rings. The molecule has 1 aromatic rings. The van der Waals surface area contributed by atoms with E-state index in [0.717, 1.165) is 18.1 Å². The normalized spacial score (nSPS) is 22.4. The number of rotatable bonds is 5. The summed E-state index contributed by atoms with van der Waals surface area (Å²) >= 11 is 3.69. The predicted molar refractivity (Wildman–Crippen MR) is 83.9 cm³/mol. The van der Waals surface area contributed by atoms with Crippen molar-refractivity contribution in [3.8, 4) is 0 Å². The number of thioether (sulfide) groups is 1. The smallest absolute Gasteiger partial charge is 0.317 e. The van der Waals surface area contributed by atoms with Crippen molar-refractivity contribution >= 4 is 29.1 Å². The highest BCUT2D eigenvalue weighted by atomic mass is 32.2. The van der Waals surface area contributed by atoms with E-state index in [-0.39, 0.29) is 6.03 Å². The molecule has 0 aliphatic heterocycles. The van der Waals surface area contributed by atoms with Crippen LogP contribution in [0, 0.1) is 0 Å². The second-order valence-corrected chi connectivity index (χ2v) is 7.30. The molecule has 3 nitrogen and oxygen atoms in total. The zero-order chi connectivity index (χ0) is 13.7. The Morgan fingerprint density at radius 3 is 3.11 bits per heavy atom. The van der Waals surface area contributed by atoms with Crippen LogP contribution in [0.1, 0.15) is 31.7 Å². The van der Waals surface area contributed by atoms with Crippen LogP contribution in [-0.4, -0.2) is 35.0 Å². The maximum absolute atomic E-state index is 12.1. The van der Waals surface area contributed by atoms with Crippen LogP contribution in [0.3, 0.4) is 0 Å². The Bertz CT molecular complexity index is 394. The molecule has 19 heavy (non-hydrogen) atoms. The molecule has 2 amide bonds. The maximum Gasteiger partial charge on any atom is 0.317 e. The summed E-state index contributed by atoms with van der Waals surface area (Å²) in [6, 6.07) is 2.51. The van der Waals surface area contributed by atoms with Crippen molar-refractivity contribution in [1.82, 2.24) is 10.2 Å². The summed E-state index contributed by atoms with van der Waals surface area (Å²) in [5.41, 5.74) is 1.18. The van der Waals surface area contributed by atoms with Crippen molar-refractivity contribution < 1.29 is 4.79 Å². The van der Waals surface area contributed by atoms with Gasteiger partial charge in [0, 0.05) is 24.9 Å². The first-order chi connectivity index (χ1) is 9.20. The van der Waals surface area contributed by atoms with Gasteiger partial charge in [-0.15, -0.1) is 0 Å². The third-order valence-corrected chi connectivity index (χ3v) is 5.62. The van der Waals surface area contributed by atoms with Crippen molar-refractivity contribution in [3.05, 3.63) is 22.4 Å². The Balaban J connectivity index is 1.76. The molecule has 0 unspecified atom stereocenters. The molecule has 1 heterocycles. The third-order valence-electron chi connectivity index (χ3n) is 3.65. The minimum Gasteiger partial charge on any atom is -0.334 e. The Kier molecular flexibility index (Phi) is 5.58. The molecule has 1 saturated carbocycles. The lowest BCUT2D eigenvalue weighted by Gasteiger charge is -2.25. The highest BCUT2D eigenvalue weighted by Crippen LogP contribution is 2.32. The molecule has 1 N–H and O–H groups in total. The fourth-order valence-corrected chi connectivity index (χ4v) is 4.32. The van der Waals surface area contributed by atoms with Gasteiger partial charge in [-0.3, -0.25) is 0 Å². The van der Waals surface area contributed by atoms with E-state index in [4.69, 9.17) is 0 Å². The lowest BCUT2D eigenvalue weighted by molar-refractivity contribution is 0.190. The number of nitrogens with zero attached hydrogens (tertiary/aromatic N) is 1. The van der Waals surface area contributed by atoms with E-state index in [0.29, 0.717) is 12.6 Å². The molecule has 5 heteroatoms. The van der Waals surface area contributed by atoms with E-state index in [1.165, 1.54) is 17.7 Å². The monoisotopic (exact) mass is 298 g/mol. The van der Waals surface area contributed by atoms with Gasteiger partial charge < -0.3 is 10.2 Å². The third kappa shape index (κ3) is 4.14. The van der Waals surface area contributed by atoms with Crippen LogP contribution in [0.15, 0.2) is 16.8 Å². The predicted octanol–water partition coefficient (Wildman–Crippen LogP) is 3.56. The SMILES string of the molecule is CCS[C@H]1CC[C@@H](N(C)C(=O)NCc2ccsc2)C1. The fourth-order valence-electron chi connectivity index (χ4n) is 2.52. The van der Waals surface area contributed by atoms with Gasteiger partial charge in [0.05, 0.1) is 0 Å². The Morgan fingerprint density at radius 1 is 1.58 bits per heavy atom. The molecule has 0 spiro atoms. The van der Waals surface area contributed by atoms with Crippen LogP contribution in [0.25, 0.3) is 0 Å². The van der Waals surface area contributed by atoms with Gasteiger partial charge in [-0.1, -0.05) is 6.92 Å². The van der Waals surface area contributed by atoms with E-state index in [2.05, 4.69) is 23.7 Å². The number of amides is 2. The van der Waals surface area contributed by atoms with Gasteiger partial charge >= 0.3 is 6.03 Å². The number of carbonyl (C=O) groups excluding carboxylic acids is 1. The van der Waals surface area contributed by atoms with E-state index >= 15 is 0 Å². The molecule has 0 bridgehead atoms. The van der Waals surface area contributed by atoms with Crippen LogP contribution in [0.4, 0.5) is 4.79 Å². The zero-order valence-corrected chi connectivity index (χ0v) is 13.2. The number of urea groups is 1. The van der Waals surface area contributed by atoms with E-state index in [1.807, 2.05) is 29.1 Å². The molecule has 2 rings (SSSR count). The zero-order valence-electron chi connectivity index (χ0n) is 11.6. The molecule has 2 atom stereocenters. The van der Waals surface area contributed by atoms with Crippen LogP contribution in [0.2, 0.25) is 0 Å². The molecule has 1 fully saturated rings. The van der Waals surface area contributed by atoms with Gasteiger partial charge in [0.25, 0.3) is 0 Å². The number of carbonyl (C=O) groups is 1. The highest BCUT2D eigenvalue weighted by molar-refractivity contribution is 7.99. The van der Waals surface area contributed by atoms with Crippen LogP contribution in [-0.2, 0) is 6.54 Å². The van der Waals surface area contributed by atoms with Crippen molar-refractivity contribution in [1.29, 1.82) is 0 Å². The summed E-state index contributed by atoms with van der Waals surface area (Å²) in [6.07, 6.45) is 3.52. The van der Waals surface area contributed by atoms with Gasteiger partial charge in [0.15, 0.2) is 0 Å². The van der Waals surface area contributed by atoms with Gasteiger partial charge in [0.2, 0.25) is 0 Å². The number of hydrogen-bond donors (Lipinski definition) is 1. The maximum atomic E-state index is 12.1. The summed E-state index contributed by atoms with van der Waals surface area (Å²) < 4.78 is 0. The second-order valence-electron chi connectivity index (χ2n) is 4.95. The number of nitrogens with one attached hydrogen (secondary N) is 1. The first kappa shape index (κ1) is 14.7. The van der Waals surface area contributed by atoms with E-state index in [1.54, 1.807) is 11.3 Å². The van der Waals surface area contributed by atoms with Crippen molar-refractivity contribution in [3.63, 3.8) is 0 Å². The van der Waals surface area contributed by atoms with Crippen molar-refractivity contribution in [2.75, 3.05) is 12.8 Å². The summed E-state index contributed by atoms with van der Waals surface area (Å²) in [5, 5.41) is 7.84. The topological polar surface area (TPSA) is 32.3 Å². The number of hydrogen-bond acceptors (Lipinski definition) is 3. The summed E-state index contributed by atoms with van der Waals surface area (Å²) in [5.74, 6) is 1.17. The van der Waals surface area contributed by atoms with Crippen LogP contribution in [0.5, 0.6) is 0 Å². The van der Waals surface area contributed by atoms with E-state index in [9.17, 15) is 4.79 Å². The average Bonchev–Trinajstić information content (AvgIpc) is 3.06. The standard InChI is InChI=1S/C14H22N2OS2/c1-3-19-13-5-4-12(8-13)16(2)14(17)15-9-11-6-7-18-10-11/h6-7,10,12-13H,3-5,8-9H2,1-2H3,(H,15,17)/t12-,13+/m1/s1. The molecule has 106 valence electrons. The second kappa shape index (κ2) is 7.20.